The Morgan fingerprint density at radius 1 is 1.14 bits per heavy atom. The molecule has 0 N–H and O–H groups in total. The molecule has 0 aliphatic carbocycles. The second-order valence-corrected chi connectivity index (χ2v) is 5.29. The van der Waals surface area contributed by atoms with Gasteiger partial charge in [-0.1, -0.05) is 29.8 Å². The first kappa shape index (κ1) is 15.5. The van der Waals surface area contributed by atoms with Crippen molar-refractivity contribution in [2.75, 3.05) is 0 Å². The molecule has 0 saturated heterocycles. The van der Waals surface area contributed by atoms with Gasteiger partial charge in [-0.3, -0.25) is 0 Å². The molecule has 0 unspecified atom stereocenters. The van der Waals surface area contributed by atoms with Crippen LogP contribution in [0.3, 0.4) is 0 Å². The number of aryl methyl sites for hydroxylation is 1. The van der Waals surface area contributed by atoms with Crippen molar-refractivity contribution < 1.29 is 13.9 Å². The molecule has 2 nitrogen and oxygen atoms in total. The fourth-order valence-electron chi connectivity index (χ4n) is 1.87. The van der Waals surface area contributed by atoms with Crippen molar-refractivity contribution in [1.82, 2.24) is 0 Å². The summed E-state index contributed by atoms with van der Waals surface area (Å²) in [6.07, 6.45) is 1.28. The Hall–Kier alpha value is -1.87. The van der Waals surface area contributed by atoms with E-state index in [-0.39, 0.29) is 17.4 Å². The molecule has 0 radical (unpaired) electrons. The minimum atomic E-state index is -0.447. The SMILES string of the molecule is CC(=O)CCc1ccc(OCc2ccc(Cl)c(F)c2)cc1. The quantitative estimate of drug-likeness (QED) is 0.781. The standard InChI is InChI=1S/C17H16ClFO2/c1-12(20)2-3-13-4-7-15(8-5-13)21-11-14-6-9-16(18)17(19)10-14/h4-10H,2-3,11H2,1H3. The number of ether oxygens (including phenoxy) is 1. The van der Waals surface area contributed by atoms with Gasteiger partial charge in [-0.15, -0.1) is 0 Å². The first-order chi connectivity index (χ1) is 10.0. The third-order valence-corrected chi connectivity index (χ3v) is 3.39. The molecule has 0 amide bonds. The summed E-state index contributed by atoms with van der Waals surface area (Å²) in [5, 5.41) is 0.105. The van der Waals surface area contributed by atoms with E-state index in [9.17, 15) is 9.18 Å². The van der Waals surface area contributed by atoms with Crippen LogP contribution >= 0.6 is 11.6 Å². The smallest absolute Gasteiger partial charge is 0.142 e. The number of carbonyl (C=O) groups is 1. The lowest BCUT2D eigenvalue weighted by Crippen LogP contribution is -1.97. The van der Waals surface area contributed by atoms with Gasteiger partial charge in [0.25, 0.3) is 0 Å². The van der Waals surface area contributed by atoms with Gasteiger partial charge in [-0.25, -0.2) is 4.39 Å². The average Bonchev–Trinajstić information content (AvgIpc) is 2.47. The number of carbonyl (C=O) groups excluding carboxylic acids is 1. The predicted molar refractivity (Wildman–Crippen MR) is 81.2 cm³/mol. The minimum Gasteiger partial charge on any atom is -0.489 e. The van der Waals surface area contributed by atoms with E-state index in [1.165, 1.54) is 12.1 Å². The Labute approximate surface area is 128 Å². The number of hydrogen-bond donors (Lipinski definition) is 0. The van der Waals surface area contributed by atoms with E-state index in [0.29, 0.717) is 12.2 Å². The Bertz CT molecular complexity index is 623. The van der Waals surface area contributed by atoms with Crippen LogP contribution in [0.15, 0.2) is 42.5 Å². The molecule has 0 aliphatic rings. The first-order valence-corrected chi connectivity index (χ1v) is 7.07. The summed E-state index contributed by atoms with van der Waals surface area (Å²) in [7, 11) is 0. The van der Waals surface area contributed by atoms with E-state index in [0.717, 1.165) is 17.5 Å². The maximum atomic E-state index is 13.3. The largest absolute Gasteiger partial charge is 0.489 e. The van der Waals surface area contributed by atoms with Crippen molar-refractivity contribution in [2.45, 2.75) is 26.4 Å². The van der Waals surface area contributed by atoms with Crippen molar-refractivity contribution in [3.8, 4) is 5.75 Å². The van der Waals surface area contributed by atoms with Crippen LogP contribution in [0.1, 0.15) is 24.5 Å². The third kappa shape index (κ3) is 4.87. The highest BCUT2D eigenvalue weighted by atomic mass is 35.5. The summed E-state index contributed by atoms with van der Waals surface area (Å²) in [5.41, 5.74) is 1.81. The van der Waals surface area contributed by atoms with Crippen molar-refractivity contribution >= 4 is 17.4 Å². The summed E-state index contributed by atoms with van der Waals surface area (Å²) < 4.78 is 18.9. The summed E-state index contributed by atoms with van der Waals surface area (Å²) in [6, 6.07) is 12.2. The van der Waals surface area contributed by atoms with Crippen molar-refractivity contribution in [3.05, 3.63) is 64.4 Å². The second-order valence-electron chi connectivity index (χ2n) is 4.88. The molecule has 21 heavy (non-hydrogen) atoms. The molecular formula is C17H16ClFO2. The number of Topliss-reactive ketones (excluding diaryl/α,β-unsaturated/α-hetero) is 1. The molecule has 2 rings (SSSR count). The molecule has 0 fully saturated rings. The van der Waals surface area contributed by atoms with Gasteiger partial charge in [0.2, 0.25) is 0 Å². The van der Waals surface area contributed by atoms with Gasteiger partial charge >= 0.3 is 0 Å². The highest BCUT2D eigenvalue weighted by Crippen LogP contribution is 2.18. The molecule has 0 aliphatic heterocycles. The van der Waals surface area contributed by atoms with E-state index < -0.39 is 5.82 Å². The monoisotopic (exact) mass is 306 g/mol. The number of ketones is 1. The zero-order chi connectivity index (χ0) is 15.2. The molecule has 4 heteroatoms. The van der Waals surface area contributed by atoms with Crippen molar-refractivity contribution in [3.63, 3.8) is 0 Å². The molecule has 0 saturated carbocycles. The van der Waals surface area contributed by atoms with Gasteiger partial charge < -0.3 is 9.53 Å². The Kier molecular flexibility index (Phi) is 5.34. The van der Waals surface area contributed by atoms with Crippen LogP contribution in [0.2, 0.25) is 5.02 Å². The number of halogens is 2. The molecule has 0 atom stereocenters. The molecule has 2 aromatic rings. The van der Waals surface area contributed by atoms with Gasteiger partial charge in [0.1, 0.15) is 24.0 Å². The Morgan fingerprint density at radius 3 is 2.43 bits per heavy atom. The van der Waals surface area contributed by atoms with E-state index in [2.05, 4.69) is 0 Å². The molecule has 0 heterocycles. The molecule has 2 aromatic carbocycles. The fraction of sp³-hybridized carbons (Fsp3) is 0.235. The van der Waals surface area contributed by atoms with Gasteiger partial charge in [-0.05, 0) is 48.7 Å². The first-order valence-electron chi connectivity index (χ1n) is 6.69. The van der Waals surface area contributed by atoms with E-state index in [1.54, 1.807) is 13.0 Å². The third-order valence-electron chi connectivity index (χ3n) is 3.08. The summed E-state index contributed by atoms with van der Waals surface area (Å²) in [5.74, 6) is 0.439. The topological polar surface area (TPSA) is 26.3 Å². The molecular weight excluding hydrogens is 291 g/mol. The number of benzene rings is 2. The second kappa shape index (κ2) is 7.23. The maximum absolute atomic E-state index is 13.3. The lowest BCUT2D eigenvalue weighted by Gasteiger charge is -2.08. The van der Waals surface area contributed by atoms with Crippen LogP contribution < -0.4 is 4.74 Å². The highest BCUT2D eigenvalue weighted by Gasteiger charge is 2.02. The summed E-state index contributed by atoms with van der Waals surface area (Å²) in [6.45, 7) is 1.86. The lowest BCUT2D eigenvalue weighted by molar-refractivity contribution is -0.116. The van der Waals surface area contributed by atoms with Gasteiger partial charge in [0, 0.05) is 6.42 Å². The number of rotatable bonds is 6. The van der Waals surface area contributed by atoms with E-state index >= 15 is 0 Å². The van der Waals surface area contributed by atoms with Crippen LogP contribution in [-0.2, 0) is 17.8 Å². The molecule has 0 bridgehead atoms. The fourth-order valence-corrected chi connectivity index (χ4v) is 1.99. The molecule has 0 aromatic heterocycles. The van der Waals surface area contributed by atoms with E-state index in [4.69, 9.17) is 16.3 Å². The predicted octanol–water partition coefficient (Wildman–Crippen LogP) is 4.58. The zero-order valence-electron chi connectivity index (χ0n) is 11.7. The maximum Gasteiger partial charge on any atom is 0.142 e. The zero-order valence-corrected chi connectivity index (χ0v) is 12.5. The van der Waals surface area contributed by atoms with Gasteiger partial charge in [0.15, 0.2) is 0 Å². The minimum absolute atomic E-state index is 0.105. The van der Waals surface area contributed by atoms with Crippen LogP contribution in [-0.4, -0.2) is 5.78 Å². The van der Waals surface area contributed by atoms with Crippen molar-refractivity contribution in [2.24, 2.45) is 0 Å². The van der Waals surface area contributed by atoms with Crippen molar-refractivity contribution in [1.29, 1.82) is 0 Å². The Morgan fingerprint density at radius 2 is 1.81 bits per heavy atom. The lowest BCUT2D eigenvalue weighted by atomic mass is 10.1. The molecule has 110 valence electrons. The van der Waals surface area contributed by atoms with Crippen LogP contribution in [0.5, 0.6) is 5.75 Å². The van der Waals surface area contributed by atoms with Gasteiger partial charge in [-0.2, -0.15) is 0 Å². The summed E-state index contributed by atoms with van der Waals surface area (Å²) >= 11 is 5.63. The van der Waals surface area contributed by atoms with Crippen LogP contribution in [0, 0.1) is 5.82 Å². The van der Waals surface area contributed by atoms with E-state index in [1.807, 2.05) is 24.3 Å². The summed E-state index contributed by atoms with van der Waals surface area (Å²) in [4.78, 5) is 10.9. The number of hydrogen-bond acceptors (Lipinski definition) is 2. The van der Waals surface area contributed by atoms with Crippen LogP contribution in [0.25, 0.3) is 0 Å². The van der Waals surface area contributed by atoms with Crippen LogP contribution in [0.4, 0.5) is 4.39 Å². The normalized spacial score (nSPS) is 10.4. The Balaban J connectivity index is 1.91. The van der Waals surface area contributed by atoms with Gasteiger partial charge in [0.05, 0.1) is 5.02 Å². The molecule has 0 spiro atoms. The highest BCUT2D eigenvalue weighted by molar-refractivity contribution is 6.30. The average molecular weight is 307 g/mol.